The molecule has 2 atom stereocenters. The zero-order chi connectivity index (χ0) is 35.4. The standard InChI is InChI=1S/C17H17N3OS.C11H12BrNO2.C8H8BrNO/c1-4-17(2)13-9-11(5-7-14(13)19-16(22)21-17)15-8-6-12(10-18)20(15)3;1-3-11(2)8-6-7(12)4-5-9(8)13-10(14)15-11;1-5(11)7-4-6(9)2-3-8(7)10/h5-9H,4H2,1-3H3,(H,19,22);4-6H,3H2,1-2H3,(H,13,14);2-4H,10H2,1H3. The van der Waals surface area contributed by atoms with Gasteiger partial charge in [-0.25, -0.2) is 4.79 Å². The van der Waals surface area contributed by atoms with Crippen LogP contribution in [0.15, 0.2) is 75.7 Å². The van der Waals surface area contributed by atoms with E-state index in [2.05, 4.69) is 68.5 Å². The number of nitriles is 1. The van der Waals surface area contributed by atoms with Crippen molar-refractivity contribution in [1.29, 1.82) is 5.26 Å². The van der Waals surface area contributed by atoms with Gasteiger partial charge >= 0.3 is 6.09 Å². The Kier molecular flexibility index (Phi) is 11.4. The minimum Gasteiger partial charge on any atom is -0.460 e. The largest absolute Gasteiger partial charge is 0.460 e. The van der Waals surface area contributed by atoms with E-state index in [4.69, 9.17) is 32.7 Å². The molecule has 3 heterocycles. The first-order chi connectivity index (χ1) is 22.6. The van der Waals surface area contributed by atoms with Crippen molar-refractivity contribution >= 4 is 78.2 Å². The lowest BCUT2D eigenvalue weighted by molar-refractivity contribution is 0.0235. The van der Waals surface area contributed by atoms with Crippen LogP contribution in [0.25, 0.3) is 11.3 Å². The average molecular weight is 796 g/mol. The molecule has 0 saturated carbocycles. The second kappa shape index (κ2) is 14.9. The molecule has 2 unspecified atom stereocenters. The average Bonchev–Trinajstić information content (AvgIpc) is 3.43. The van der Waals surface area contributed by atoms with Crippen LogP contribution in [0.3, 0.4) is 0 Å². The number of nitrogen functional groups attached to an aromatic ring is 1. The van der Waals surface area contributed by atoms with Crippen LogP contribution >= 0.6 is 44.1 Å². The summed E-state index contributed by atoms with van der Waals surface area (Å²) in [7, 11) is 1.90. The van der Waals surface area contributed by atoms with E-state index in [9.17, 15) is 9.59 Å². The van der Waals surface area contributed by atoms with Gasteiger partial charge in [0.25, 0.3) is 5.17 Å². The summed E-state index contributed by atoms with van der Waals surface area (Å²) in [5, 5.41) is 15.3. The number of ether oxygens (including phenoxy) is 2. The molecule has 0 bridgehead atoms. The van der Waals surface area contributed by atoms with E-state index in [1.807, 2.05) is 74.0 Å². The van der Waals surface area contributed by atoms with Crippen LogP contribution in [-0.4, -0.2) is 21.6 Å². The van der Waals surface area contributed by atoms with Crippen molar-refractivity contribution in [1.82, 2.24) is 4.57 Å². The number of cyclic esters (lactones) is 1. The Bertz CT molecular complexity index is 1940. The van der Waals surface area contributed by atoms with Gasteiger partial charge in [-0.1, -0.05) is 51.8 Å². The fourth-order valence-electron chi connectivity index (χ4n) is 5.38. The van der Waals surface area contributed by atoms with Gasteiger partial charge in [0.05, 0.1) is 5.69 Å². The van der Waals surface area contributed by atoms with E-state index in [1.54, 1.807) is 12.1 Å². The number of nitrogens with one attached hydrogen (secondary N) is 2. The summed E-state index contributed by atoms with van der Waals surface area (Å²) in [6.45, 7) is 9.56. The van der Waals surface area contributed by atoms with E-state index in [0.717, 1.165) is 55.5 Å². The quantitative estimate of drug-likeness (QED) is 0.106. The van der Waals surface area contributed by atoms with Gasteiger partial charge in [0, 0.05) is 49.8 Å². The minimum absolute atomic E-state index is 0.0104. The number of thiocarbonyl (C=S) groups is 1. The maximum Gasteiger partial charge on any atom is 0.412 e. The number of hydrogen-bond donors (Lipinski definition) is 3. The highest BCUT2D eigenvalue weighted by Crippen LogP contribution is 2.41. The molecular weight excluding hydrogens is 758 g/mol. The third-order valence-corrected chi connectivity index (χ3v) is 9.70. The van der Waals surface area contributed by atoms with Crippen LogP contribution in [0.1, 0.15) is 74.6 Å². The molecule has 4 aromatic rings. The highest BCUT2D eigenvalue weighted by molar-refractivity contribution is 9.10. The van der Waals surface area contributed by atoms with Crippen molar-refractivity contribution in [3.63, 3.8) is 0 Å². The molecular formula is C36H37Br2N5O4S. The van der Waals surface area contributed by atoms with Gasteiger partial charge in [-0.2, -0.15) is 5.26 Å². The lowest BCUT2D eigenvalue weighted by atomic mass is 9.88. The Labute approximate surface area is 303 Å². The van der Waals surface area contributed by atoms with Crippen molar-refractivity contribution in [3.05, 3.63) is 98.1 Å². The molecule has 4 N–H and O–H groups in total. The molecule has 3 aromatic carbocycles. The highest BCUT2D eigenvalue weighted by atomic mass is 79.9. The van der Waals surface area contributed by atoms with E-state index in [-0.39, 0.29) is 11.9 Å². The SMILES string of the molecule is CC(=O)c1cc(Br)ccc1N.CCC1(C)OC(=O)Nc2ccc(Br)cc21.CCC1(C)OC(=S)Nc2ccc(-c3ccc(C#N)n3C)cc21. The molecule has 1 amide bonds. The third-order valence-electron chi connectivity index (χ3n) is 8.53. The minimum atomic E-state index is -0.526. The number of nitrogens with two attached hydrogens (primary N) is 1. The zero-order valence-corrected chi connectivity index (χ0v) is 31.5. The summed E-state index contributed by atoms with van der Waals surface area (Å²) < 4.78 is 14.9. The Morgan fingerprint density at radius 3 is 2.10 bits per heavy atom. The molecule has 0 radical (unpaired) electrons. The van der Waals surface area contributed by atoms with E-state index in [0.29, 0.717) is 22.1 Å². The predicted molar refractivity (Wildman–Crippen MR) is 201 cm³/mol. The van der Waals surface area contributed by atoms with Gasteiger partial charge in [0.1, 0.15) is 23.0 Å². The number of aromatic nitrogens is 1. The van der Waals surface area contributed by atoms with E-state index in [1.165, 1.54) is 6.92 Å². The lowest BCUT2D eigenvalue weighted by Gasteiger charge is -2.36. The van der Waals surface area contributed by atoms with Gasteiger partial charge in [-0.15, -0.1) is 0 Å². The second-order valence-electron chi connectivity index (χ2n) is 11.7. The monoisotopic (exact) mass is 793 g/mol. The van der Waals surface area contributed by atoms with Gasteiger partial charge in [0.15, 0.2) is 5.78 Å². The number of ketones is 1. The second-order valence-corrected chi connectivity index (χ2v) is 13.9. The van der Waals surface area contributed by atoms with Crippen molar-refractivity contribution < 1.29 is 19.1 Å². The molecule has 1 aromatic heterocycles. The maximum absolute atomic E-state index is 11.3. The van der Waals surface area contributed by atoms with Crippen molar-refractivity contribution in [2.45, 2.75) is 58.7 Å². The molecule has 0 aliphatic carbocycles. The number of nitrogens with zero attached hydrogens (tertiary/aromatic N) is 2. The van der Waals surface area contributed by atoms with Crippen molar-refractivity contribution in [3.8, 4) is 17.3 Å². The Hall–Kier alpha value is -4.18. The Morgan fingerprint density at radius 2 is 1.50 bits per heavy atom. The van der Waals surface area contributed by atoms with Gasteiger partial charge < -0.3 is 25.1 Å². The normalized spacial score (nSPS) is 18.8. The number of hydrogen-bond acceptors (Lipinski definition) is 7. The number of amides is 1. The summed E-state index contributed by atoms with van der Waals surface area (Å²) >= 11 is 11.9. The van der Waals surface area contributed by atoms with Gasteiger partial charge in [0.2, 0.25) is 0 Å². The van der Waals surface area contributed by atoms with E-state index >= 15 is 0 Å². The fourth-order valence-corrected chi connectivity index (χ4v) is 6.39. The molecule has 0 spiro atoms. The molecule has 12 heteroatoms. The number of halogens is 2. The first-order valence-corrected chi connectivity index (χ1v) is 17.2. The van der Waals surface area contributed by atoms with Crippen molar-refractivity contribution in [2.75, 3.05) is 16.4 Å². The zero-order valence-electron chi connectivity index (χ0n) is 27.5. The van der Waals surface area contributed by atoms with Crippen LogP contribution in [-0.2, 0) is 27.7 Å². The Morgan fingerprint density at radius 1 is 0.917 bits per heavy atom. The molecule has 0 fully saturated rings. The Balaban J connectivity index is 0.000000174. The van der Waals surface area contributed by atoms with Crippen LogP contribution in [0.5, 0.6) is 0 Å². The molecule has 250 valence electrons. The van der Waals surface area contributed by atoms with E-state index < -0.39 is 11.2 Å². The topological polar surface area (TPSA) is 131 Å². The number of benzene rings is 3. The smallest absolute Gasteiger partial charge is 0.412 e. The molecule has 9 nitrogen and oxygen atoms in total. The first kappa shape index (κ1) is 36.7. The van der Waals surface area contributed by atoms with Crippen LogP contribution in [0.4, 0.5) is 21.9 Å². The number of Topliss-reactive ketones (excluding diaryl/α,β-unsaturated/α-hetero) is 1. The van der Waals surface area contributed by atoms with Crippen molar-refractivity contribution in [2.24, 2.45) is 7.05 Å². The highest BCUT2D eigenvalue weighted by Gasteiger charge is 2.36. The lowest BCUT2D eigenvalue weighted by Crippen LogP contribution is -2.36. The number of carbonyl (C=O) groups is 2. The molecule has 2 aliphatic heterocycles. The predicted octanol–water partition coefficient (Wildman–Crippen LogP) is 9.79. The van der Waals surface area contributed by atoms with Gasteiger partial charge in [-0.05, 0) is 112 Å². The maximum atomic E-state index is 11.3. The summed E-state index contributed by atoms with van der Waals surface area (Å²) in [6.07, 6.45) is 1.19. The number of carbonyl (C=O) groups excluding carboxylic acids is 2. The third kappa shape index (κ3) is 7.92. The molecule has 6 rings (SSSR count). The van der Waals surface area contributed by atoms with Gasteiger partial charge in [-0.3, -0.25) is 10.1 Å². The summed E-state index contributed by atoms with van der Waals surface area (Å²) in [5.74, 6) is -0.0104. The number of fused-ring (bicyclic) bond motifs is 2. The molecule has 0 saturated heterocycles. The van der Waals surface area contributed by atoms with Crippen LogP contribution < -0.4 is 16.4 Å². The summed E-state index contributed by atoms with van der Waals surface area (Å²) in [4.78, 5) is 22.3. The summed E-state index contributed by atoms with van der Waals surface area (Å²) in [6, 6.07) is 23.2. The van der Waals surface area contributed by atoms with Crippen LogP contribution in [0, 0.1) is 11.3 Å². The number of anilines is 3. The van der Waals surface area contributed by atoms with Crippen LogP contribution in [0.2, 0.25) is 0 Å². The fraction of sp³-hybridized carbons (Fsp3) is 0.278. The molecule has 48 heavy (non-hydrogen) atoms. The number of rotatable bonds is 4. The first-order valence-electron chi connectivity index (χ1n) is 15.2. The molecule has 2 aliphatic rings. The summed E-state index contributed by atoms with van der Waals surface area (Å²) in [5.41, 5.74) is 12.3.